The Bertz CT molecular complexity index is 603. The van der Waals surface area contributed by atoms with Gasteiger partial charge < -0.3 is 5.11 Å². The number of benzene rings is 2. The van der Waals surface area contributed by atoms with Gasteiger partial charge in [0.2, 0.25) is 0 Å². The van der Waals surface area contributed by atoms with E-state index in [1.54, 1.807) is 24.3 Å². The van der Waals surface area contributed by atoms with Gasteiger partial charge in [-0.15, -0.1) is 0 Å². The number of rotatable bonds is 5. The number of hydrogen-bond acceptors (Lipinski definition) is 2. The standard InChI is InChI=1S/C17H15ClO2/c1-12(13-5-3-2-4-6-13)11-16(19)17(20)14-7-9-15(18)10-8-14/h2-10,16,19H,1,11H2. The number of aliphatic hydroxyl groups is 1. The third kappa shape index (κ3) is 3.56. The Balaban J connectivity index is 2.05. The first kappa shape index (κ1) is 14.5. The summed E-state index contributed by atoms with van der Waals surface area (Å²) in [5.41, 5.74) is 2.11. The fourth-order valence-electron chi connectivity index (χ4n) is 1.92. The molecule has 0 radical (unpaired) electrons. The molecule has 0 aliphatic rings. The van der Waals surface area contributed by atoms with Crippen molar-refractivity contribution in [1.82, 2.24) is 0 Å². The molecule has 0 heterocycles. The molecular formula is C17H15ClO2. The van der Waals surface area contributed by atoms with Crippen molar-refractivity contribution in [1.29, 1.82) is 0 Å². The zero-order chi connectivity index (χ0) is 14.5. The van der Waals surface area contributed by atoms with Gasteiger partial charge in [0.05, 0.1) is 0 Å². The Morgan fingerprint density at radius 2 is 1.65 bits per heavy atom. The molecule has 1 N–H and O–H groups in total. The molecule has 2 nitrogen and oxygen atoms in total. The van der Waals surface area contributed by atoms with Gasteiger partial charge in [0, 0.05) is 17.0 Å². The van der Waals surface area contributed by atoms with Crippen molar-refractivity contribution in [3.8, 4) is 0 Å². The maximum absolute atomic E-state index is 12.1. The Labute approximate surface area is 123 Å². The minimum atomic E-state index is -1.09. The summed E-state index contributed by atoms with van der Waals surface area (Å²) in [5.74, 6) is -0.321. The summed E-state index contributed by atoms with van der Waals surface area (Å²) in [6.45, 7) is 3.92. The third-order valence-corrected chi connectivity index (χ3v) is 3.31. The van der Waals surface area contributed by atoms with Crippen LogP contribution < -0.4 is 0 Å². The van der Waals surface area contributed by atoms with Gasteiger partial charge in [-0.1, -0.05) is 48.5 Å². The van der Waals surface area contributed by atoms with Crippen molar-refractivity contribution in [2.45, 2.75) is 12.5 Å². The maximum Gasteiger partial charge on any atom is 0.191 e. The molecule has 0 fully saturated rings. The van der Waals surface area contributed by atoms with E-state index in [1.807, 2.05) is 30.3 Å². The van der Waals surface area contributed by atoms with Crippen LogP contribution in [0, 0.1) is 0 Å². The van der Waals surface area contributed by atoms with E-state index in [9.17, 15) is 9.90 Å². The molecule has 3 heteroatoms. The first-order valence-electron chi connectivity index (χ1n) is 6.29. The molecule has 1 unspecified atom stereocenters. The molecule has 0 aromatic heterocycles. The number of ketones is 1. The highest BCUT2D eigenvalue weighted by atomic mass is 35.5. The average Bonchev–Trinajstić information content (AvgIpc) is 2.48. The monoisotopic (exact) mass is 286 g/mol. The van der Waals surface area contributed by atoms with Gasteiger partial charge in [-0.25, -0.2) is 0 Å². The van der Waals surface area contributed by atoms with Crippen LogP contribution in [0.25, 0.3) is 5.57 Å². The average molecular weight is 287 g/mol. The zero-order valence-corrected chi connectivity index (χ0v) is 11.7. The van der Waals surface area contributed by atoms with Gasteiger partial charge in [-0.3, -0.25) is 4.79 Å². The van der Waals surface area contributed by atoms with Crippen molar-refractivity contribution in [3.63, 3.8) is 0 Å². The van der Waals surface area contributed by atoms with Crippen LogP contribution in [0.2, 0.25) is 5.02 Å². The number of hydrogen-bond donors (Lipinski definition) is 1. The molecule has 2 aromatic rings. The topological polar surface area (TPSA) is 37.3 Å². The smallest absolute Gasteiger partial charge is 0.191 e. The van der Waals surface area contributed by atoms with Crippen molar-refractivity contribution in [3.05, 3.63) is 77.3 Å². The fraction of sp³-hybridized carbons (Fsp3) is 0.118. The molecule has 1 atom stereocenters. The van der Waals surface area contributed by atoms with Crippen LogP contribution in [-0.4, -0.2) is 17.0 Å². The molecule has 0 spiro atoms. The van der Waals surface area contributed by atoms with Crippen LogP contribution in [0.3, 0.4) is 0 Å². The summed E-state index contributed by atoms with van der Waals surface area (Å²) in [5, 5.41) is 10.6. The van der Waals surface area contributed by atoms with Crippen LogP contribution in [0.5, 0.6) is 0 Å². The van der Waals surface area contributed by atoms with Gasteiger partial charge in [0.25, 0.3) is 0 Å². The van der Waals surface area contributed by atoms with Crippen LogP contribution in [0.4, 0.5) is 0 Å². The summed E-state index contributed by atoms with van der Waals surface area (Å²) < 4.78 is 0. The van der Waals surface area contributed by atoms with Crippen molar-refractivity contribution >= 4 is 23.0 Å². The van der Waals surface area contributed by atoms with E-state index in [2.05, 4.69) is 6.58 Å². The summed E-state index contributed by atoms with van der Waals surface area (Å²) in [6, 6.07) is 16.0. The Hall–Kier alpha value is -1.90. The van der Waals surface area contributed by atoms with Crippen molar-refractivity contribution < 1.29 is 9.90 Å². The van der Waals surface area contributed by atoms with Crippen molar-refractivity contribution in [2.24, 2.45) is 0 Å². The third-order valence-electron chi connectivity index (χ3n) is 3.05. The van der Waals surface area contributed by atoms with E-state index in [-0.39, 0.29) is 12.2 Å². The second-order valence-corrected chi connectivity index (χ2v) is 5.00. The van der Waals surface area contributed by atoms with E-state index in [4.69, 9.17) is 11.6 Å². The predicted molar refractivity (Wildman–Crippen MR) is 81.9 cm³/mol. The molecular weight excluding hydrogens is 272 g/mol. The molecule has 0 aliphatic carbocycles. The molecule has 102 valence electrons. The van der Waals surface area contributed by atoms with E-state index in [1.165, 1.54) is 0 Å². The summed E-state index contributed by atoms with van der Waals surface area (Å²) in [7, 11) is 0. The highest BCUT2D eigenvalue weighted by Gasteiger charge is 2.18. The van der Waals surface area contributed by atoms with Gasteiger partial charge in [0.15, 0.2) is 5.78 Å². The largest absolute Gasteiger partial charge is 0.385 e. The van der Waals surface area contributed by atoms with Crippen molar-refractivity contribution in [2.75, 3.05) is 0 Å². The van der Waals surface area contributed by atoms with Gasteiger partial charge >= 0.3 is 0 Å². The Morgan fingerprint density at radius 1 is 1.05 bits per heavy atom. The quantitative estimate of drug-likeness (QED) is 0.844. The number of aliphatic hydroxyl groups excluding tert-OH is 1. The van der Waals surface area contributed by atoms with Crippen LogP contribution in [0.1, 0.15) is 22.3 Å². The van der Waals surface area contributed by atoms with Gasteiger partial charge in [-0.2, -0.15) is 0 Å². The number of carbonyl (C=O) groups is 1. The fourth-order valence-corrected chi connectivity index (χ4v) is 2.05. The predicted octanol–water partition coefficient (Wildman–Crippen LogP) is 3.99. The number of Topliss-reactive ketones (excluding diaryl/α,β-unsaturated/α-hetero) is 1. The zero-order valence-electron chi connectivity index (χ0n) is 10.9. The van der Waals surface area contributed by atoms with E-state index >= 15 is 0 Å². The molecule has 0 bridgehead atoms. The highest BCUT2D eigenvalue weighted by Crippen LogP contribution is 2.20. The minimum absolute atomic E-state index is 0.214. The highest BCUT2D eigenvalue weighted by molar-refractivity contribution is 6.30. The van der Waals surface area contributed by atoms with Gasteiger partial charge in [0.1, 0.15) is 6.10 Å². The Kier molecular flexibility index (Phi) is 4.72. The molecule has 2 rings (SSSR count). The summed E-state index contributed by atoms with van der Waals surface area (Å²) >= 11 is 5.77. The maximum atomic E-state index is 12.1. The summed E-state index contributed by atoms with van der Waals surface area (Å²) in [6.07, 6.45) is -0.880. The molecule has 0 saturated carbocycles. The van der Waals surface area contributed by atoms with E-state index < -0.39 is 6.10 Å². The molecule has 0 saturated heterocycles. The normalized spacial score (nSPS) is 11.9. The lowest BCUT2D eigenvalue weighted by atomic mass is 9.97. The van der Waals surface area contributed by atoms with Crippen LogP contribution in [-0.2, 0) is 0 Å². The number of halogens is 1. The van der Waals surface area contributed by atoms with E-state index in [0.717, 1.165) is 11.1 Å². The van der Waals surface area contributed by atoms with Crippen LogP contribution in [0.15, 0.2) is 61.2 Å². The summed E-state index contributed by atoms with van der Waals surface area (Å²) in [4.78, 5) is 12.1. The second-order valence-electron chi connectivity index (χ2n) is 4.56. The first-order chi connectivity index (χ1) is 9.58. The first-order valence-corrected chi connectivity index (χ1v) is 6.67. The Morgan fingerprint density at radius 3 is 2.25 bits per heavy atom. The van der Waals surface area contributed by atoms with E-state index in [0.29, 0.717) is 10.6 Å². The molecule has 0 aliphatic heterocycles. The SMILES string of the molecule is C=C(CC(O)C(=O)c1ccc(Cl)cc1)c1ccccc1. The lowest BCUT2D eigenvalue weighted by Crippen LogP contribution is -2.20. The lowest BCUT2D eigenvalue weighted by molar-refractivity contribution is 0.0757. The van der Waals surface area contributed by atoms with Gasteiger partial charge in [-0.05, 0) is 35.4 Å². The van der Waals surface area contributed by atoms with Crippen LogP contribution >= 0.6 is 11.6 Å². The number of carbonyl (C=O) groups excluding carboxylic acids is 1. The molecule has 0 amide bonds. The molecule has 2 aromatic carbocycles. The minimum Gasteiger partial charge on any atom is -0.385 e. The molecule has 20 heavy (non-hydrogen) atoms. The second kappa shape index (κ2) is 6.51. The lowest BCUT2D eigenvalue weighted by Gasteiger charge is -2.12.